The fraction of sp³-hybridized carbons (Fsp3) is 0.500. The number of carbonyl (C=O) groups excluding carboxylic acids is 4. The molecule has 4 atom stereocenters. The van der Waals surface area contributed by atoms with Gasteiger partial charge in [-0.15, -0.1) is 0 Å². The van der Waals surface area contributed by atoms with E-state index in [1.54, 1.807) is 0 Å². The Bertz CT molecular complexity index is 807. The first-order chi connectivity index (χ1) is 14.4. The van der Waals surface area contributed by atoms with Gasteiger partial charge in [-0.3, -0.25) is 19.2 Å². The minimum atomic E-state index is -0.944. The lowest BCUT2D eigenvalue weighted by Crippen LogP contribution is -2.62. The van der Waals surface area contributed by atoms with Crippen LogP contribution >= 0.6 is 25.3 Å². The van der Waals surface area contributed by atoms with Gasteiger partial charge in [-0.1, -0.05) is 30.3 Å². The summed E-state index contributed by atoms with van der Waals surface area (Å²) < 4.78 is 0. The van der Waals surface area contributed by atoms with Crippen molar-refractivity contribution in [2.75, 3.05) is 18.1 Å². The average molecular weight is 451 g/mol. The van der Waals surface area contributed by atoms with Crippen LogP contribution in [0.1, 0.15) is 18.4 Å². The van der Waals surface area contributed by atoms with Crippen LogP contribution in [-0.2, 0) is 25.6 Å². The third-order valence-electron chi connectivity index (χ3n) is 5.37. The van der Waals surface area contributed by atoms with Crippen LogP contribution in [0.2, 0.25) is 0 Å². The van der Waals surface area contributed by atoms with Gasteiger partial charge in [0, 0.05) is 24.5 Å². The number of amides is 4. The Morgan fingerprint density at radius 1 is 0.833 bits per heavy atom. The van der Waals surface area contributed by atoms with Gasteiger partial charge in [-0.05, 0) is 18.4 Å². The molecule has 4 amide bonds. The fourth-order valence-electron chi connectivity index (χ4n) is 3.75. The summed E-state index contributed by atoms with van der Waals surface area (Å²) in [5.41, 5.74) is 0.867. The second-order valence-electron chi connectivity index (χ2n) is 7.43. The molecule has 30 heavy (non-hydrogen) atoms. The summed E-state index contributed by atoms with van der Waals surface area (Å²) in [6.45, 7) is 0.419. The number of thiol groups is 2. The van der Waals surface area contributed by atoms with E-state index in [1.807, 2.05) is 30.3 Å². The lowest BCUT2D eigenvalue weighted by atomic mass is 10.0. The largest absolute Gasteiger partial charge is 0.342 e. The summed E-state index contributed by atoms with van der Waals surface area (Å²) in [6.07, 6.45) is 1.44. The van der Waals surface area contributed by atoms with Crippen molar-refractivity contribution in [2.45, 2.75) is 43.4 Å². The molecule has 0 radical (unpaired) electrons. The molecule has 2 saturated heterocycles. The summed E-state index contributed by atoms with van der Waals surface area (Å²) >= 11 is 8.35. The van der Waals surface area contributed by atoms with Gasteiger partial charge in [0.25, 0.3) is 0 Å². The maximum absolute atomic E-state index is 13.0. The van der Waals surface area contributed by atoms with Crippen LogP contribution in [0.3, 0.4) is 0 Å². The van der Waals surface area contributed by atoms with Gasteiger partial charge >= 0.3 is 0 Å². The SMILES string of the molecule is O=C1N[C@@H](CS)C(=O)N2CCC[C@H]2C(=O)N[C@@H](Cc2ccccc2)C(=O)N[C@H]1CS. The van der Waals surface area contributed by atoms with E-state index in [9.17, 15) is 19.2 Å². The number of nitrogens with zero attached hydrogens (tertiary/aromatic N) is 1. The van der Waals surface area contributed by atoms with E-state index in [2.05, 4.69) is 41.2 Å². The molecule has 1 aromatic rings. The highest BCUT2D eigenvalue weighted by molar-refractivity contribution is 7.80. The number of fused-ring (bicyclic) bond motifs is 1. The van der Waals surface area contributed by atoms with Crippen LogP contribution in [-0.4, -0.2) is 70.7 Å². The molecule has 2 aliphatic rings. The molecule has 0 aromatic heterocycles. The lowest BCUT2D eigenvalue weighted by Gasteiger charge is -2.31. The van der Waals surface area contributed by atoms with Crippen LogP contribution in [0.4, 0.5) is 0 Å². The van der Waals surface area contributed by atoms with E-state index in [1.165, 1.54) is 4.90 Å². The zero-order valence-electron chi connectivity index (χ0n) is 16.4. The molecule has 1 aromatic carbocycles. The lowest BCUT2D eigenvalue weighted by molar-refractivity contribution is -0.142. The molecule has 0 bridgehead atoms. The predicted octanol–water partition coefficient (Wildman–Crippen LogP) is -0.452. The van der Waals surface area contributed by atoms with Crippen LogP contribution in [0.15, 0.2) is 30.3 Å². The predicted molar refractivity (Wildman–Crippen MR) is 118 cm³/mol. The molecule has 0 unspecified atom stereocenters. The maximum Gasteiger partial charge on any atom is 0.246 e. The Hall–Kier alpha value is -2.20. The first-order valence-corrected chi connectivity index (χ1v) is 11.2. The summed E-state index contributed by atoms with van der Waals surface area (Å²) in [6, 6.07) is 5.91. The second kappa shape index (κ2) is 10.2. The molecular formula is C20H26N4O4S2. The highest BCUT2D eigenvalue weighted by atomic mass is 32.1. The zero-order chi connectivity index (χ0) is 21.7. The van der Waals surface area contributed by atoms with Gasteiger partial charge in [0.15, 0.2) is 0 Å². The normalized spacial score (nSPS) is 28.0. The second-order valence-corrected chi connectivity index (χ2v) is 8.16. The summed E-state index contributed by atoms with van der Waals surface area (Å²) in [7, 11) is 0. The van der Waals surface area contributed by atoms with Crippen LogP contribution in [0.5, 0.6) is 0 Å². The molecule has 2 heterocycles. The number of carbonyl (C=O) groups is 4. The first-order valence-electron chi connectivity index (χ1n) is 9.91. The monoisotopic (exact) mass is 450 g/mol. The van der Waals surface area contributed by atoms with Crippen molar-refractivity contribution in [3.8, 4) is 0 Å². The van der Waals surface area contributed by atoms with E-state index >= 15 is 0 Å². The van der Waals surface area contributed by atoms with E-state index in [0.717, 1.165) is 5.56 Å². The first kappa shape index (κ1) is 22.5. The van der Waals surface area contributed by atoms with Crippen molar-refractivity contribution in [1.29, 1.82) is 0 Å². The van der Waals surface area contributed by atoms with Crippen molar-refractivity contribution in [3.05, 3.63) is 35.9 Å². The molecule has 3 rings (SSSR count). The Morgan fingerprint density at radius 3 is 2.10 bits per heavy atom. The van der Waals surface area contributed by atoms with Gasteiger partial charge in [-0.25, -0.2) is 0 Å². The third-order valence-corrected chi connectivity index (χ3v) is 6.10. The number of benzene rings is 1. The molecule has 0 aliphatic carbocycles. The van der Waals surface area contributed by atoms with E-state index in [-0.39, 0.29) is 29.7 Å². The Morgan fingerprint density at radius 2 is 1.43 bits per heavy atom. The van der Waals surface area contributed by atoms with Crippen molar-refractivity contribution in [3.63, 3.8) is 0 Å². The Labute approximate surface area is 186 Å². The molecule has 2 aliphatic heterocycles. The number of nitrogens with one attached hydrogen (secondary N) is 3. The molecule has 162 valence electrons. The maximum atomic E-state index is 13.0. The average Bonchev–Trinajstić information content (AvgIpc) is 3.24. The van der Waals surface area contributed by atoms with E-state index in [0.29, 0.717) is 19.4 Å². The van der Waals surface area contributed by atoms with Crippen LogP contribution in [0.25, 0.3) is 0 Å². The quantitative estimate of drug-likeness (QED) is 0.401. The minimum absolute atomic E-state index is 0.0450. The summed E-state index contributed by atoms with van der Waals surface area (Å²) in [5.74, 6) is -1.57. The third kappa shape index (κ3) is 5.10. The molecule has 0 spiro atoms. The van der Waals surface area contributed by atoms with E-state index in [4.69, 9.17) is 0 Å². The Kier molecular flexibility index (Phi) is 7.65. The van der Waals surface area contributed by atoms with Crippen molar-refractivity contribution in [2.24, 2.45) is 0 Å². The van der Waals surface area contributed by atoms with Crippen molar-refractivity contribution >= 4 is 48.9 Å². The van der Waals surface area contributed by atoms with Gasteiger partial charge in [0.2, 0.25) is 23.6 Å². The van der Waals surface area contributed by atoms with Gasteiger partial charge in [-0.2, -0.15) is 25.3 Å². The number of rotatable bonds is 4. The van der Waals surface area contributed by atoms with Crippen molar-refractivity contribution < 1.29 is 19.2 Å². The van der Waals surface area contributed by atoms with Crippen LogP contribution < -0.4 is 16.0 Å². The molecule has 8 nitrogen and oxygen atoms in total. The Balaban J connectivity index is 1.91. The fourth-order valence-corrected chi connectivity index (χ4v) is 4.26. The zero-order valence-corrected chi connectivity index (χ0v) is 18.2. The van der Waals surface area contributed by atoms with Crippen LogP contribution in [0, 0.1) is 0 Å². The summed E-state index contributed by atoms with van der Waals surface area (Å²) in [5, 5.41) is 8.10. The number of hydrogen-bond donors (Lipinski definition) is 5. The molecule has 10 heteroatoms. The topological polar surface area (TPSA) is 108 Å². The van der Waals surface area contributed by atoms with Gasteiger partial charge in [0.05, 0.1) is 0 Å². The highest BCUT2D eigenvalue weighted by Gasteiger charge is 2.40. The number of hydrogen-bond acceptors (Lipinski definition) is 6. The molecule has 3 N–H and O–H groups in total. The summed E-state index contributed by atoms with van der Waals surface area (Å²) in [4.78, 5) is 53.1. The van der Waals surface area contributed by atoms with Gasteiger partial charge < -0.3 is 20.9 Å². The van der Waals surface area contributed by atoms with E-state index < -0.39 is 36.0 Å². The smallest absolute Gasteiger partial charge is 0.246 e. The molecule has 0 saturated carbocycles. The standard InChI is InChI=1S/C20H26N4O4S2/c25-17-13(9-12-5-2-1-3-6-12)21-19(27)16-7-4-8-24(16)20(28)15(11-30)23-18(26)14(10-29)22-17/h1-3,5-6,13-16,29-30H,4,7-11H2,(H,21,27)(H,22,25)(H,23,26)/t13-,14-,15-,16-/m0/s1. The van der Waals surface area contributed by atoms with Crippen molar-refractivity contribution in [1.82, 2.24) is 20.9 Å². The molecule has 2 fully saturated rings. The van der Waals surface area contributed by atoms with Gasteiger partial charge in [0.1, 0.15) is 24.2 Å². The highest BCUT2D eigenvalue weighted by Crippen LogP contribution is 2.20. The minimum Gasteiger partial charge on any atom is -0.342 e. The molecular weight excluding hydrogens is 424 g/mol.